The number of carbonyl (C=O) groups excluding carboxylic acids is 2. The fraction of sp³-hybridized carbons (Fsp3) is 0.273. The Labute approximate surface area is 183 Å². The zero-order chi connectivity index (χ0) is 21.5. The molecule has 31 heavy (non-hydrogen) atoms. The van der Waals surface area contributed by atoms with Gasteiger partial charge in [-0.1, -0.05) is 35.9 Å². The van der Waals surface area contributed by atoms with Crippen molar-refractivity contribution in [2.24, 2.45) is 0 Å². The van der Waals surface area contributed by atoms with Crippen molar-refractivity contribution >= 4 is 35.3 Å². The fourth-order valence-corrected chi connectivity index (χ4v) is 4.20. The molecule has 0 bridgehead atoms. The van der Waals surface area contributed by atoms with Crippen LogP contribution in [-0.2, 0) is 9.59 Å². The van der Waals surface area contributed by atoms with Gasteiger partial charge in [-0.15, -0.1) is 5.10 Å². The number of imide groups is 1. The van der Waals surface area contributed by atoms with Crippen LogP contribution in [0.5, 0.6) is 5.75 Å². The predicted octanol–water partition coefficient (Wildman–Crippen LogP) is 3.74. The lowest BCUT2D eigenvalue weighted by atomic mass is 9.93. The standard InChI is InChI=1S/C22H20ClN5O3/c1-31-16-8-4-14(5-9-16)18-12-17(13-2-6-15(23)7-3-13)24-21-25-22(26-28(18)21)27-19(29)10-11-20(27)30/h2-9,17-18H,10-12H2,1H3,(H,24,25,26). The molecule has 3 aromatic rings. The first-order chi connectivity index (χ1) is 15.0. The van der Waals surface area contributed by atoms with Crippen LogP contribution in [0.3, 0.4) is 0 Å². The number of halogens is 1. The molecule has 1 saturated heterocycles. The molecule has 0 saturated carbocycles. The number of nitrogens with one attached hydrogen (secondary N) is 1. The topological polar surface area (TPSA) is 89.3 Å². The van der Waals surface area contributed by atoms with Gasteiger partial charge in [0, 0.05) is 17.9 Å². The molecular formula is C22H20ClN5O3. The first kappa shape index (κ1) is 19.6. The minimum absolute atomic E-state index is 0.0427. The number of ether oxygens (including phenoxy) is 1. The summed E-state index contributed by atoms with van der Waals surface area (Å²) in [7, 11) is 1.63. The van der Waals surface area contributed by atoms with Gasteiger partial charge in [0.2, 0.25) is 17.8 Å². The molecule has 8 nitrogen and oxygen atoms in total. The number of carbonyl (C=O) groups is 2. The summed E-state index contributed by atoms with van der Waals surface area (Å²) in [6.07, 6.45) is 1.07. The normalized spacial score (nSPS) is 20.5. The van der Waals surface area contributed by atoms with Crippen LogP contribution in [-0.4, -0.2) is 33.7 Å². The molecular weight excluding hydrogens is 418 g/mol. The highest BCUT2D eigenvalue weighted by molar-refractivity contribution is 6.30. The highest BCUT2D eigenvalue weighted by Gasteiger charge is 2.37. The van der Waals surface area contributed by atoms with E-state index in [4.69, 9.17) is 16.3 Å². The molecule has 0 aliphatic carbocycles. The Hall–Kier alpha value is -3.39. The number of rotatable bonds is 4. The van der Waals surface area contributed by atoms with E-state index in [2.05, 4.69) is 15.4 Å². The maximum absolute atomic E-state index is 12.2. The highest BCUT2D eigenvalue weighted by atomic mass is 35.5. The van der Waals surface area contributed by atoms with Gasteiger partial charge in [-0.3, -0.25) is 9.59 Å². The number of hydrogen-bond acceptors (Lipinski definition) is 6. The van der Waals surface area contributed by atoms with E-state index in [0.29, 0.717) is 17.4 Å². The molecule has 0 spiro atoms. The van der Waals surface area contributed by atoms with E-state index >= 15 is 0 Å². The van der Waals surface area contributed by atoms with E-state index in [9.17, 15) is 9.59 Å². The van der Waals surface area contributed by atoms with Gasteiger partial charge in [0.1, 0.15) is 5.75 Å². The minimum Gasteiger partial charge on any atom is -0.497 e. The molecule has 2 aliphatic heterocycles. The first-order valence-corrected chi connectivity index (χ1v) is 10.4. The first-order valence-electron chi connectivity index (χ1n) is 10.0. The molecule has 2 aliphatic rings. The second kappa shape index (κ2) is 7.70. The fourth-order valence-electron chi connectivity index (χ4n) is 4.08. The van der Waals surface area contributed by atoms with Gasteiger partial charge in [0.25, 0.3) is 5.95 Å². The van der Waals surface area contributed by atoms with Crippen molar-refractivity contribution in [2.45, 2.75) is 31.3 Å². The van der Waals surface area contributed by atoms with Crippen molar-refractivity contribution < 1.29 is 14.3 Å². The van der Waals surface area contributed by atoms with Gasteiger partial charge in [-0.2, -0.15) is 4.98 Å². The molecule has 158 valence electrons. The van der Waals surface area contributed by atoms with Gasteiger partial charge in [-0.05, 0) is 41.8 Å². The molecule has 5 rings (SSSR count). The summed E-state index contributed by atoms with van der Waals surface area (Å²) >= 11 is 6.06. The Morgan fingerprint density at radius 3 is 2.29 bits per heavy atom. The van der Waals surface area contributed by atoms with Gasteiger partial charge < -0.3 is 10.1 Å². The lowest BCUT2D eigenvalue weighted by Gasteiger charge is -2.31. The largest absolute Gasteiger partial charge is 0.497 e. The maximum Gasteiger partial charge on any atom is 0.260 e. The summed E-state index contributed by atoms with van der Waals surface area (Å²) in [6.45, 7) is 0. The van der Waals surface area contributed by atoms with Crippen LogP contribution >= 0.6 is 11.6 Å². The monoisotopic (exact) mass is 437 g/mol. The van der Waals surface area contributed by atoms with Crippen molar-refractivity contribution in [3.63, 3.8) is 0 Å². The van der Waals surface area contributed by atoms with Crippen molar-refractivity contribution in [2.75, 3.05) is 17.3 Å². The van der Waals surface area contributed by atoms with Crippen LogP contribution in [0.15, 0.2) is 48.5 Å². The summed E-state index contributed by atoms with van der Waals surface area (Å²) < 4.78 is 7.03. The average Bonchev–Trinajstić information content (AvgIpc) is 3.35. The molecule has 2 atom stereocenters. The van der Waals surface area contributed by atoms with Crippen LogP contribution in [0, 0.1) is 0 Å². The van der Waals surface area contributed by atoms with Crippen molar-refractivity contribution in [3.05, 3.63) is 64.7 Å². The summed E-state index contributed by atoms with van der Waals surface area (Å²) in [5, 5.41) is 8.62. The smallest absolute Gasteiger partial charge is 0.260 e. The van der Waals surface area contributed by atoms with E-state index in [1.807, 2.05) is 48.5 Å². The number of nitrogens with zero attached hydrogens (tertiary/aromatic N) is 4. The molecule has 2 aromatic carbocycles. The Morgan fingerprint density at radius 1 is 1.00 bits per heavy atom. The van der Waals surface area contributed by atoms with Crippen molar-refractivity contribution in [3.8, 4) is 5.75 Å². The molecule has 2 amide bonds. The van der Waals surface area contributed by atoms with Gasteiger partial charge in [0.15, 0.2) is 0 Å². The van der Waals surface area contributed by atoms with Crippen LogP contribution in [0.2, 0.25) is 5.02 Å². The minimum atomic E-state index is -0.275. The summed E-state index contributed by atoms with van der Waals surface area (Å²) in [5.41, 5.74) is 2.09. The number of amides is 2. The Bertz CT molecular complexity index is 1130. The summed E-state index contributed by atoms with van der Waals surface area (Å²) in [4.78, 5) is 30.0. The van der Waals surface area contributed by atoms with Crippen LogP contribution in [0.25, 0.3) is 0 Å². The third-order valence-corrected chi connectivity index (χ3v) is 5.95. The lowest BCUT2D eigenvalue weighted by molar-refractivity contribution is -0.121. The van der Waals surface area contributed by atoms with Crippen LogP contribution in [0.1, 0.15) is 42.5 Å². The number of fused-ring (bicyclic) bond motifs is 1. The van der Waals surface area contributed by atoms with Gasteiger partial charge in [0.05, 0.1) is 19.2 Å². The Balaban J connectivity index is 1.56. The third kappa shape index (κ3) is 3.53. The number of aromatic nitrogens is 3. The second-order valence-electron chi connectivity index (χ2n) is 7.58. The molecule has 1 fully saturated rings. The second-order valence-corrected chi connectivity index (χ2v) is 8.01. The van der Waals surface area contributed by atoms with E-state index < -0.39 is 0 Å². The van der Waals surface area contributed by atoms with Gasteiger partial charge in [-0.25, -0.2) is 9.58 Å². The van der Waals surface area contributed by atoms with Gasteiger partial charge >= 0.3 is 0 Å². The molecule has 2 unspecified atom stereocenters. The predicted molar refractivity (Wildman–Crippen MR) is 115 cm³/mol. The summed E-state index contributed by atoms with van der Waals surface area (Å²) in [6, 6.07) is 15.3. The van der Waals surface area contributed by atoms with E-state index in [1.165, 1.54) is 0 Å². The SMILES string of the molecule is COc1ccc(C2CC(c3ccc(Cl)cc3)Nc3nc(N4C(=O)CCC4=O)nn32)cc1. The zero-order valence-corrected chi connectivity index (χ0v) is 17.5. The number of methoxy groups -OCH3 is 1. The highest BCUT2D eigenvalue weighted by Crippen LogP contribution is 2.39. The van der Waals surface area contributed by atoms with Crippen LogP contribution < -0.4 is 15.0 Å². The van der Waals surface area contributed by atoms with Crippen molar-refractivity contribution in [1.29, 1.82) is 0 Å². The molecule has 9 heteroatoms. The quantitative estimate of drug-likeness (QED) is 0.625. The molecule has 1 aromatic heterocycles. The van der Waals surface area contributed by atoms with Crippen LogP contribution in [0.4, 0.5) is 11.9 Å². The molecule has 1 N–H and O–H groups in total. The van der Waals surface area contributed by atoms with E-state index in [0.717, 1.165) is 21.8 Å². The summed E-state index contributed by atoms with van der Waals surface area (Å²) in [5.74, 6) is 0.839. The maximum atomic E-state index is 12.2. The Morgan fingerprint density at radius 2 is 1.65 bits per heavy atom. The van der Waals surface area contributed by atoms with Crippen molar-refractivity contribution in [1.82, 2.24) is 14.8 Å². The number of benzene rings is 2. The number of anilines is 2. The molecule has 3 heterocycles. The third-order valence-electron chi connectivity index (χ3n) is 5.70. The lowest BCUT2D eigenvalue weighted by Crippen LogP contribution is -2.30. The van der Waals surface area contributed by atoms with E-state index in [-0.39, 0.29) is 42.7 Å². The average molecular weight is 438 g/mol. The molecule has 0 radical (unpaired) electrons. The van der Waals surface area contributed by atoms with E-state index in [1.54, 1.807) is 11.8 Å². The number of hydrogen-bond donors (Lipinski definition) is 1. The Kier molecular flexibility index (Phi) is 4.86. The zero-order valence-electron chi connectivity index (χ0n) is 16.8.